The van der Waals surface area contributed by atoms with Crippen molar-refractivity contribution < 1.29 is 4.39 Å². The molecule has 1 N–H and O–H groups in total. The van der Waals surface area contributed by atoms with E-state index < -0.39 is 0 Å². The molecule has 2 fully saturated rings. The van der Waals surface area contributed by atoms with Crippen LogP contribution in [0.1, 0.15) is 43.4 Å². The normalized spacial score (nSPS) is 20.1. The number of hydrogen-bond donors (Lipinski definition) is 1. The van der Waals surface area contributed by atoms with E-state index in [0.717, 1.165) is 38.2 Å². The molecule has 0 saturated carbocycles. The van der Waals surface area contributed by atoms with E-state index in [9.17, 15) is 4.39 Å². The molecule has 182 valence electrons. The van der Waals surface area contributed by atoms with Crippen molar-refractivity contribution in [2.45, 2.75) is 45.2 Å². The fourth-order valence-corrected chi connectivity index (χ4v) is 5.66. The van der Waals surface area contributed by atoms with Gasteiger partial charge in [-0.25, -0.2) is 4.39 Å². The van der Waals surface area contributed by atoms with Crippen LogP contribution in [0.2, 0.25) is 0 Å². The van der Waals surface area contributed by atoms with Crippen LogP contribution in [0.25, 0.3) is 11.6 Å². The Kier molecular flexibility index (Phi) is 7.33. The molecule has 2 aromatic carbocycles. The van der Waals surface area contributed by atoms with Gasteiger partial charge < -0.3 is 10.2 Å². The molecule has 34 heavy (non-hydrogen) atoms. The number of nitrogens with zero attached hydrogens (tertiary/aromatic N) is 3. The molecule has 2 aliphatic heterocycles. The number of nitrogens with one attached hydrogen (secondary N) is 1. The van der Waals surface area contributed by atoms with Gasteiger partial charge in [-0.05, 0) is 79.6 Å². The van der Waals surface area contributed by atoms with Crippen LogP contribution in [0.5, 0.6) is 0 Å². The molecule has 3 aliphatic rings. The van der Waals surface area contributed by atoms with E-state index in [1.54, 1.807) is 12.1 Å². The van der Waals surface area contributed by atoms with Gasteiger partial charge in [-0.15, -0.1) is 0 Å². The topological polar surface area (TPSA) is 21.8 Å². The third-order valence-electron chi connectivity index (χ3n) is 7.89. The Morgan fingerprint density at radius 2 is 1.76 bits per heavy atom. The van der Waals surface area contributed by atoms with Gasteiger partial charge in [0, 0.05) is 70.1 Å². The van der Waals surface area contributed by atoms with E-state index in [4.69, 9.17) is 0 Å². The maximum Gasteiger partial charge on any atom is 0.123 e. The number of anilines is 1. The molecule has 5 heteroatoms. The van der Waals surface area contributed by atoms with Crippen molar-refractivity contribution in [3.05, 3.63) is 65.0 Å². The monoisotopic (exact) mass is 462 g/mol. The highest BCUT2D eigenvalue weighted by atomic mass is 19.1. The number of piperazine rings is 1. The largest absolute Gasteiger partial charge is 0.371 e. The standard InChI is InChI=1S/C29H39FN4/c1-22(2)33-16-14-32(15-17-33)13-10-31-28-8-11-34(12-9-28)29-5-3-4-23(21-29)25-18-24-6-7-27(30)20-26(24)19-25/h3-7,19-22,28,31H,8-18H2,1-2H3. The summed E-state index contributed by atoms with van der Waals surface area (Å²) in [5.41, 5.74) is 6.09. The summed E-state index contributed by atoms with van der Waals surface area (Å²) >= 11 is 0. The van der Waals surface area contributed by atoms with Gasteiger partial charge in [-0.3, -0.25) is 9.80 Å². The fourth-order valence-electron chi connectivity index (χ4n) is 5.66. The van der Waals surface area contributed by atoms with E-state index >= 15 is 0 Å². The number of fused-ring (bicyclic) bond motifs is 1. The van der Waals surface area contributed by atoms with Gasteiger partial charge in [-0.1, -0.05) is 24.3 Å². The third-order valence-corrected chi connectivity index (χ3v) is 7.89. The summed E-state index contributed by atoms with van der Waals surface area (Å²) in [6.07, 6.45) is 5.42. The van der Waals surface area contributed by atoms with Crippen molar-refractivity contribution in [2.75, 3.05) is 57.3 Å². The molecule has 0 unspecified atom stereocenters. The van der Waals surface area contributed by atoms with Gasteiger partial charge in [-0.2, -0.15) is 0 Å². The zero-order chi connectivity index (χ0) is 23.5. The summed E-state index contributed by atoms with van der Waals surface area (Å²) in [5, 5.41) is 3.82. The van der Waals surface area contributed by atoms with Gasteiger partial charge in [0.15, 0.2) is 0 Å². The molecule has 0 spiro atoms. The Hall–Kier alpha value is -2.21. The molecule has 5 rings (SSSR count). The van der Waals surface area contributed by atoms with Crippen molar-refractivity contribution in [1.29, 1.82) is 0 Å². The summed E-state index contributed by atoms with van der Waals surface area (Å²) in [4.78, 5) is 7.71. The Morgan fingerprint density at radius 3 is 2.53 bits per heavy atom. The van der Waals surface area contributed by atoms with Gasteiger partial charge in [0.25, 0.3) is 0 Å². The van der Waals surface area contributed by atoms with Crippen LogP contribution in [0, 0.1) is 5.82 Å². The van der Waals surface area contributed by atoms with Crippen LogP contribution >= 0.6 is 0 Å². The summed E-state index contributed by atoms with van der Waals surface area (Å²) in [6, 6.07) is 15.3. The van der Waals surface area contributed by atoms with Crippen LogP contribution in [0.3, 0.4) is 0 Å². The SMILES string of the molecule is CC(C)N1CCN(CCNC2CCN(c3cccc(C4=Cc5cc(F)ccc5C4)c3)CC2)CC1. The van der Waals surface area contributed by atoms with Crippen molar-refractivity contribution >= 4 is 17.3 Å². The Labute approximate surface area is 204 Å². The van der Waals surface area contributed by atoms with E-state index in [0.29, 0.717) is 12.1 Å². The lowest BCUT2D eigenvalue weighted by Gasteiger charge is -2.37. The summed E-state index contributed by atoms with van der Waals surface area (Å²) < 4.78 is 13.6. The average Bonchev–Trinajstić information content (AvgIpc) is 3.28. The highest BCUT2D eigenvalue weighted by Crippen LogP contribution is 2.33. The van der Waals surface area contributed by atoms with Crippen LogP contribution < -0.4 is 10.2 Å². The molecule has 2 aromatic rings. The van der Waals surface area contributed by atoms with Gasteiger partial charge in [0.2, 0.25) is 0 Å². The van der Waals surface area contributed by atoms with E-state index in [-0.39, 0.29) is 5.82 Å². The minimum absolute atomic E-state index is 0.157. The van der Waals surface area contributed by atoms with Gasteiger partial charge in [0.05, 0.1) is 0 Å². The first-order valence-corrected chi connectivity index (χ1v) is 13.1. The second kappa shape index (κ2) is 10.6. The molecule has 1 aliphatic carbocycles. The van der Waals surface area contributed by atoms with Gasteiger partial charge >= 0.3 is 0 Å². The fraction of sp³-hybridized carbons (Fsp3) is 0.517. The second-order valence-corrected chi connectivity index (χ2v) is 10.4. The third kappa shape index (κ3) is 5.54. The van der Waals surface area contributed by atoms with Crippen molar-refractivity contribution in [3.63, 3.8) is 0 Å². The average molecular weight is 463 g/mol. The number of rotatable bonds is 7. The lowest BCUT2D eigenvalue weighted by molar-refractivity contribution is 0.108. The second-order valence-electron chi connectivity index (χ2n) is 10.4. The lowest BCUT2D eigenvalue weighted by Crippen LogP contribution is -2.51. The minimum Gasteiger partial charge on any atom is -0.371 e. The first kappa shape index (κ1) is 23.5. The lowest BCUT2D eigenvalue weighted by atomic mass is 10.0. The molecule has 2 saturated heterocycles. The summed E-state index contributed by atoms with van der Waals surface area (Å²) in [7, 11) is 0. The smallest absolute Gasteiger partial charge is 0.123 e. The Bertz CT molecular complexity index is 1000. The Morgan fingerprint density at radius 1 is 0.971 bits per heavy atom. The number of hydrogen-bond acceptors (Lipinski definition) is 4. The zero-order valence-electron chi connectivity index (χ0n) is 20.8. The maximum atomic E-state index is 13.6. The van der Waals surface area contributed by atoms with Crippen LogP contribution in [0.15, 0.2) is 42.5 Å². The number of benzene rings is 2. The van der Waals surface area contributed by atoms with Crippen LogP contribution in [-0.2, 0) is 6.42 Å². The number of piperidine rings is 1. The first-order chi connectivity index (χ1) is 16.5. The molecular weight excluding hydrogens is 423 g/mol. The van der Waals surface area contributed by atoms with Gasteiger partial charge in [0.1, 0.15) is 5.82 Å². The summed E-state index contributed by atoms with van der Waals surface area (Å²) in [5.74, 6) is -0.157. The summed E-state index contributed by atoms with van der Waals surface area (Å²) in [6.45, 7) is 13.9. The zero-order valence-corrected chi connectivity index (χ0v) is 20.8. The van der Waals surface area contributed by atoms with E-state index in [2.05, 4.69) is 64.2 Å². The van der Waals surface area contributed by atoms with E-state index in [1.807, 2.05) is 6.07 Å². The van der Waals surface area contributed by atoms with Crippen molar-refractivity contribution in [1.82, 2.24) is 15.1 Å². The maximum absolute atomic E-state index is 13.6. The molecule has 0 aromatic heterocycles. The minimum atomic E-state index is -0.157. The molecular formula is C29H39FN4. The number of allylic oxidation sites excluding steroid dienone is 1. The number of halogens is 1. The molecule has 0 amide bonds. The van der Waals surface area contributed by atoms with Crippen molar-refractivity contribution in [3.8, 4) is 0 Å². The van der Waals surface area contributed by atoms with Crippen LogP contribution in [-0.4, -0.2) is 74.2 Å². The van der Waals surface area contributed by atoms with E-state index in [1.165, 1.54) is 61.4 Å². The molecule has 0 radical (unpaired) electrons. The highest BCUT2D eigenvalue weighted by molar-refractivity contribution is 5.89. The molecule has 0 bridgehead atoms. The molecule has 2 heterocycles. The predicted molar refractivity (Wildman–Crippen MR) is 141 cm³/mol. The highest BCUT2D eigenvalue weighted by Gasteiger charge is 2.22. The Balaban J connectivity index is 1.08. The first-order valence-electron chi connectivity index (χ1n) is 13.1. The quantitative estimate of drug-likeness (QED) is 0.654. The van der Waals surface area contributed by atoms with Crippen molar-refractivity contribution in [2.24, 2.45) is 0 Å². The molecule has 0 atom stereocenters. The van der Waals surface area contributed by atoms with Crippen LogP contribution in [0.4, 0.5) is 10.1 Å². The molecule has 4 nitrogen and oxygen atoms in total. The predicted octanol–water partition coefficient (Wildman–Crippen LogP) is 4.51.